The lowest BCUT2D eigenvalue weighted by molar-refractivity contribution is 0.883. The molecule has 0 spiro atoms. The van der Waals surface area contributed by atoms with Crippen LogP contribution in [0.15, 0.2) is 35.3 Å². The lowest BCUT2D eigenvalue weighted by Crippen LogP contribution is -1.95. The zero-order chi connectivity index (χ0) is 9.38. The summed E-state index contributed by atoms with van der Waals surface area (Å²) in [5.41, 5.74) is 2.87. The molecule has 1 radical (unpaired) electrons. The van der Waals surface area contributed by atoms with E-state index in [1.165, 1.54) is 0 Å². The Labute approximate surface area is 84.6 Å². The lowest BCUT2D eigenvalue weighted by atomic mass is 10.3. The maximum atomic E-state index is 4.28. The normalized spacial score (nSPS) is 10.9. The summed E-state index contributed by atoms with van der Waals surface area (Å²) in [4.78, 5) is 4.22. The third-order valence-corrected chi connectivity index (χ3v) is 2.62. The molecule has 4 heteroatoms. The number of rotatable bonds is 1. The van der Waals surface area contributed by atoms with Crippen molar-refractivity contribution in [3.63, 3.8) is 0 Å². The Morgan fingerprint density at radius 1 is 1.43 bits per heavy atom. The molecule has 0 atom stereocenters. The number of aromatic nitrogens is 3. The van der Waals surface area contributed by atoms with E-state index in [4.69, 9.17) is 0 Å². The first-order chi connectivity index (χ1) is 6.95. The predicted molar refractivity (Wildman–Crippen MR) is 55.6 cm³/mol. The molecule has 0 saturated heterocycles. The number of benzene rings is 1. The van der Waals surface area contributed by atoms with Crippen molar-refractivity contribution in [2.75, 3.05) is 0 Å². The van der Waals surface area contributed by atoms with Crippen molar-refractivity contribution in [2.24, 2.45) is 0 Å². The number of fused-ring (bicyclic) bond motifs is 1. The molecule has 3 rings (SSSR count). The van der Waals surface area contributed by atoms with Gasteiger partial charge in [-0.25, -0.2) is 9.67 Å². The standard InChI is InChI=1S/C10H6N3S/c1-2-4-9-8(3-1)5-12-13(9)10-6-14-7-11-10/h2-7H. The Morgan fingerprint density at radius 2 is 2.43 bits per heavy atom. The van der Waals surface area contributed by atoms with Gasteiger partial charge in [-0.05, 0) is 18.2 Å². The molecular weight excluding hydrogens is 194 g/mol. The zero-order valence-corrected chi connectivity index (χ0v) is 8.03. The van der Waals surface area contributed by atoms with Crippen molar-refractivity contribution < 1.29 is 0 Å². The third kappa shape index (κ3) is 1.04. The van der Waals surface area contributed by atoms with Gasteiger partial charge in [0.2, 0.25) is 0 Å². The molecule has 67 valence electrons. The van der Waals surface area contributed by atoms with Crippen LogP contribution in [-0.4, -0.2) is 14.8 Å². The molecule has 0 bridgehead atoms. The maximum absolute atomic E-state index is 4.28. The van der Waals surface area contributed by atoms with Gasteiger partial charge in [-0.2, -0.15) is 5.10 Å². The summed E-state index contributed by atoms with van der Waals surface area (Å²) < 4.78 is 1.83. The van der Waals surface area contributed by atoms with Crippen LogP contribution in [0.4, 0.5) is 0 Å². The summed E-state index contributed by atoms with van der Waals surface area (Å²) in [6, 6.07) is 8.81. The second-order valence-corrected chi connectivity index (χ2v) is 3.61. The second-order valence-electron chi connectivity index (χ2n) is 2.89. The van der Waals surface area contributed by atoms with Crippen LogP contribution in [0.1, 0.15) is 0 Å². The van der Waals surface area contributed by atoms with Gasteiger partial charge >= 0.3 is 0 Å². The lowest BCUT2D eigenvalue weighted by Gasteiger charge is -1.96. The zero-order valence-electron chi connectivity index (χ0n) is 7.21. The minimum atomic E-state index is 0.871. The van der Waals surface area contributed by atoms with E-state index in [0.29, 0.717) is 0 Å². The van der Waals surface area contributed by atoms with Crippen molar-refractivity contribution >= 4 is 22.2 Å². The molecule has 3 aromatic rings. The van der Waals surface area contributed by atoms with Gasteiger partial charge in [0.25, 0.3) is 0 Å². The van der Waals surface area contributed by atoms with Gasteiger partial charge in [-0.3, -0.25) is 0 Å². The van der Waals surface area contributed by atoms with E-state index < -0.39 is 0 Å². The Morgan fingerprint density at radius 3 is 3.29 bits per heavy atom. The van der Waals surface area contributed by atoms with Crippen LogP contribution in [0.25, 0.3) is 16.7 Å². The SMILES string of the molecule is [c]1ccc2c(c1)cnn2-c1cscn1. The summed E-state index contributed by atoms with van der Waals surface area (Å²) in [7, 11) is 0. The van der Waals surface area contributed by atoms with Crippen molar-refractivity contribution in [2.45, 2.75) is 0 Å². The molecule has 0 aliphatic heterocycles. The Balaban J connectivity index is 2.33. The second kappa shape index (κ2) is 2.92. The highest BCUT2D eigenvalue weighted by Gasteiger charge is 2.04. The van der Waals surface area contributed by atoms with Gasteiger partial charge in [-0.1, -0.05) is 6.07 Å². The van der Waals surface area contributed by atoms with Gasteiger partial charge in [0.05, 0.1) is 17.2 Å². The molecule has 2 heterocycles. The molecule has 0 unspecified atom stereocenters. The Bertz CT molecular complexity index is 554. The van der Waals surface area contributed by atoms with Gasteiger partial charge < -0.3 is 0 Å². The third-order valence-electron chi connectivity index (χ3n) is 2.05. The van der Waals surface area contributed by atoms with Crippen molar-refractivity contribution in [1.29, 1.82) is 0 Å². The maximum Gasteiger partial charge on any atom is 0.164 e. The summed E-state index contributed by atoms with van der Waals surface area (Å²) in [5.74, 6) is 0.871. The number of nitrogens with zero attached hydrogens (tertiary/aromatic N) is 3. The molecule has 1 aromatic carbocycles. The fraction of sp³-hybridized carbons (Fsp3) is 0. The van der Waals surface area contributed by atoms with E-state index >= 15 is 0 Å². The number of hydrogen-bond acceptors (Lipinski definition) is 3. The highest BCUT2D eigenvalue weighted by atomic mass is 32.1. The molecule has 0 aliphatic rings. The summed E-state index contributed by atoms with van der Waals surface area (Å²) in [5, 5.41) is 7.34. The van der Waals surface area contributed by atoms with Crippen LogP contribution in [0.5, 0.6) is 0 Å². The minimum Gasteiger partial charge on any atom is -0.226 e. The number of thiazole rings is 1. The van der Waals surface area contributed by atoms with Crippen molar-refractivity contribution in [3.8, 4) is 5.82 Å². The van der Waals surface area contributed by atoms with Crippen molar-refractivity contribution in [1.82, 2.24) is 14.8 Å². The van der Waals surface area contributed by atoms with Gasteiger partial charge in [0.15, 0.2) is 5.82 Å². The van der Waals surface area contributed by atoms with E-state index in [9.17, 15) is 0 Å². The summed E-state index contributed by atoms with van der Waals surface area (Å²) in [6.45, 7) is 0. The topological polar surface area (TPSA) is 30.7 Å². The van der Waals surface area contributed by atoms with Crippen LogP contribution >= 0.6 is 11.3 Å². The van der Waals surface area contributed by atoms with E-state index in [1.807, 2.05) is 34.5 Å². The van der Waals surface area contributed by atoms with Gasteiger partial charge in [0.1, 0.15) is 0 Å². The molecule has 3 nitrogen and oxygen atoms in total. The molecule has 0 fully saturated rings. The first-order valence-corrected chi connectivity index (χ1v) is 5.12. The van der Waals surface area contributed by atoms with Crippen LogP contribution < -0.4 is 0 Å². The molecule has 0 N–H and O–H groups in total. The summed E-state index contributed by atoms with van der Waals surface area (Å²) >= 11 is 1.57. The largest absolute Gasteiger partial charge is 0.226 e. The van der Waals surface area contributed by atoms with Gasteiger partial charge in [-0.15, -0.1) is 11.3 Å². The van der Waals surface area contributed by atoms with E-state index in [0.717, 1.165) is 16.7 Å². The fourth-order valence-corrected chi connectivity index (χ4v) is 1.92. The first kappa shape index (κ1) is 7.70. The minimum absolute atomic E-state index is 0.871. The average molecular weight is 200 g/mol. The average Bonchev–Trinajstić information content (AvgIpc) is 2.85. The fourth-order valence-electron chi connectivity index (χ4n) is 1.41. The smallest absolute Gasteiger partial charge is 0.164 e. The van der Waals surface area contributed by atoms with Gasteiger partial charge in [0, 0.05) is 10.8 Å². The summed E-state index contributed by atoms with van der Waals surface area (Å²) in [6.07, 6.45) is 1.82. The first-order valence-electron chi connectivity index (χ1n) is 4.17. The van der Waals surface area contributed by atoms with E-state index in [2.05, 4.69) is 16.1 Å². The monoisotopic (exact) mass is 200 g/mol. The Kier molecular flexibility index (Phi) is 1.61. The molecule has 14 heavy (non-hydrogen) atoms. The van der Waals surface area contributed by atoms with Crippen LogP contribution in [0.2, 0.25) is 0 Å². The van der Waals surface area contributed by atoms with E-state index in [-0.39, 0.29) is 0 Å². The van der Waals surface area contributed by atoms with Crippen LogP contribution in [0, 0.1) is 6.07 Å². The molecule has 2 aromatic heterocycles. The molecular formula is C10H6N3S. The quantitative estimate of drug-likeness (QED) is 0.603. The molecule has 0 aliphatic carbocycles. The van der Waals surface area contributed by atoms with Crippen molar-refractivity contribution in [3.05, 3.63) is 41.4 Å². The van der Waals surface area contributed by atoms with E-state index in [1.54, 1.807) is 16.8 Å². The highest BCUT2D eigenvalue weighted by molar-refractivity contribution is 7.07. The predicted octanol–water partition coefficient (Wildman–Crippen LogP) is 2.28. The Hall–Kier alpha value is -1.68. The number of hydrogen-bond donors (Lipinski definition) is 0. The van der Waals surface area contributed by atoms with Crippen LogP contribution in [0.3, 0.4) is 0 Å². The molecule has 0 saturated carbocycles. The highest BCUT2D eigenvalue weighted by Crippen LogP contribution is 2.17. The van der Waals surface area contributed by atoms with Crippen LogP contribution in [-0.2, 0) is 0 Å². The molecule has 0 amide bonds.